The Balaban J connectivity index is 2.46. The number of amides is 2. The summed E-state index contributed by atoms with van der Waals surface area (Å²) in [5.41, 5.74) is 1.33. The second kappa shape index (κ2) is 9.43. The third-order valence-electron chi connectivity index (χ3n) is 5.49. The normalized spacial score (nSPS) is 11.4. The molecular weight excluding hydrogens is 401 g/mol. The van der Waals surface area contributed by atoms with Crippen molar-refractivity contribution in [2.75, 3.05) is 11.9 Å². The van der Waals surface area contributed by atoms with Crippen molar-refractivity contribution >= 4 is 23.3 Å². The lowest BCUT2D eigenvalue weighted by molar-refractivity contribution is -0.118. The van der Waals surface area contributed by atoms with E-state index in [4.69, 9.17) is 0 Å². The molecule has 0 fully saturated rings. The summed E-state index contributed by atoms with van der Waals surface area (Å²) in [6.45, 7) is 10.1. The van der Waals surface area contributed by atoms with Crippen molar-refractivity contribution in [1.29, 1.82) is 0 Å². The second-order valence-electron chi connectivity index (χ2n) is 8.25. The van der Waals surface area contributed by atoms with Crippen LogP contribution in [0.4, 0.5) is 10.1 Å². The Labute approximate surface area is 181 Å². The van der Waals surface area contributed by atoms with Gasteiger partial charge in [-0.25, -0.2) is 4.39 Å². The quantitative estimate of drug-likeness (QED) is 0.441. The SMILES string of the molecule is CCC(C)(C)NC(=O)C(=O)c1c(C)c(C(=O)Nc2ccc(F)c(C)c2)c(C)n1CCO. The van der Waals surface area contributed by atoms with E-state index in [-0.39, 0.29) is 30.2 Å². The van der Waals surface area contributed by atoms with Crippen LogP contribution < -0.4 is 10.6 Å². The molecule has 2 rings (SSSR count). The first-order valence-electron chi connectivity index (χ1n) is 10.2. The fourth-order valence-electron chi connectivity index (χ4n) is 3.38. The third kappa shape index (κ3) is 5.19. The van der Waals surface area contributed by atoms with Gasteiger partial charge in [-0.2, -0.15) is 0 Å². The van der Waals surface area contributed by atoms with Crippen LogP contribution in [0.5, 0.6) is 0 Å². The van der Waals surface area contributed by atoms with Gasteiger partial charge >= 0.3 is 0 Å². The van der Waals surface area contributed by atoms with Gasteiger partial charge in [0.05, 0.1) is 17.9 Å². The Morgan fingerprint density at radius 1 is 1.16 bits per heavy atom. The van der Waals surface area contributed by atoms with Crippen LogP contribution in [0, 0.1) is 26.6 Å². The summed E-state index contributed by atoms with van der Waals surface area (Å²) in [5.74, 6) is -2.41. The number of nitrogens with zero attached hydrogens (tertiary/aromatic N) is 1. The van der Waals surface area contributed by atoms with Gasteiger partial charge in [0, 0.05) is 23.5 Å². The molecular formula is C23H30FN3O4. The van der Waals surface area contributed by atoms with Crippen LogP contribution in [0.15, 0.2) is 18.2 Å². The first-order valence-corrected chi connectivity index (χ1v) is 10.2. The molecule has 168 valence electrons. The largest absolute Gasteiger partial charge is 0.395 e. The number of hydrogen-bond donors (Lipinski definition) is 3. The average Bonchev–Trinajstić information content (AvgIpc) is 2.94. The average molecular weight is 432 g/mol. The number of aliphatic hydroxyl groups excluding tert-OH is 1. The minimum Gasteiger partial charge on any atom is -0.395 e. The zero-order chi connectivity index (χ0) is 23.5. The zero-order valence-corrected chi connectivity index (χ0v) is 18.9. The summed E-state index contributed by atoms with van der Waals surface area (Å²) in [7, 11) is 0. The molecule has 0 unspecified atom stereocenters. The van der Waals surface area contributed by atoms with E-state index in [9.17, 15) is 23.9 Å². The molecule has 2 amide bonds. The van der Waals surface area contributed by atoms with E-state index >= 15 is 0 Å². The van der Waals surface area contributed by atoms with Crippen LogP contribution >= 0.6 is 0 Å². The van der Waals surface area contributed by atoms with E-state index in [0.29, 0.717) is 28.9 Å². The maximum atomic E-state index is 13.5. The predicted octanol–water partition coefficient (Wildman–Crippen LogP) is 3.28. The number of halogens is 1. The van der Waals surface area contributed by atoms with Crippen LogP contribution in [-0.4, -0.2) is 39.4 Å². The molecule has 0 saturated heterocycles. The van der Waals surface area contributed by atoms with Crippen molar-refractivity contribution in [2.45, 2.75) is 60.0 Å². The Kier molecular flexibility index (Phi) is 7.38. The molecule has 0 atom stereocenters. The van der Waals surface area contributed by atoms with E-state index in [1.54, 1.807) is 20.8 Å². The number of carbonyl (C=O) groups is 3. The number of aromatic nitrogens is 1. The maximum Gasteiger partial charge on any atom is 0.294 e. The highest BCUT2D eigenvalue weighted by molar-refractivity contribution is 6.43. The molecule has 0 spiro atoms. The molecule has 0 aliphatic carbocycles. The number of benzene rings is 1. The fourth-order valence-corrected chi connectivity index (χ4v) is 3.38. The number of Topliss-reactive ketones (excluding diaryl/α,β-unsaturated/α-hetero) is 1. The summed E-state index contributed by atoms with van der Waals surface area (Å²) in [5, 5.41) is 14.9. The highest BCUT2D eigenvalue weighted by atomic mass is 19.1. The van der Waals surface area contributed by atoms with Crippen LogP contribution in [0.25, 0.3) is 0 Å². The van der Waals surface area contributed by atoms with Gasteiger partial charge in [0.15, 0.2) is 0 Å². The number of nitrogens with one attached hydrogen (secondary N) is 2. The Morgan fingerprint density at radius 3 is 2.35 bits per heavy atom. The predicted molar refractivity (Wildman–Crippen MR) is 117 cm³/mol. The van der Waals surface area contributed by atoms with Gasteiger partial charge < -0.3 is 20.3 Å². The summed E-state index contributed by atoms with van der Waals surface area (Å²) < 4.78 is 15.0. The van der Waals surface area contributed by atoms with Gasteiger partial charge in [-0.1, -0.05) is 6.92 Å². The molecule has 1 heterocycles. The van der Waals surface area contributed by atoms with Gasteiger partial charge in [-0.05, 0) is 70.4 Å². The molecule has 0 saturated carbocycles. The minimum absolute atomic E-state index is 0.0567. The first kappa shape index (κ1) is 24.3. The van der Waals surface area contributed by atoms with Gasteiger partial charge in [0.1, 0.15) is 5.82 Å². The lowest BCUT2D eigenvalue weighted by Crippen LogP contribution is -2.46. The zero-order valence-electron chi connectivity index (χ0n) is 18.9. The first-order chi connectivity index (χ1) is 14.4. The van der Waals surface area contributed by atoms with Gasteiger partial charge in [-0.15, -0.1) is 0 Å². The van der Waals surface area contributed by atoms with Crippen molar-refractivity contribution in [3.63, 3.8) is 0 Å². The smallest absolute Gasteiger partial charge is 0.294 e. The molecule has 0 aliphatic rings. The monoisotopic (exact) mass is 431 g/mol. The highest BCUT2D eigenvalue weighted by Gasteiger charge is 2.31. The highest BCUT2D eigenvalue weighted by Crippen LogP contribution is 2.25. The topological polar surface area (TPSA) is 100 Å². The lowest BCUT2D eigenvalue weighted by atomic mass is 10.0. The van der Waals surface area contributed by atoms with Crippen molar-refractivity contribution < 1.29 is 23.9 Å². The van der Waals surface area contributed by atoms with Crippen molar-refractivity contribution in [1.82, 2.24) is 9.88 Å². The van der Waals surface area contributed by atoms with Crippen molar-refractivity contribution in [3.05, 3.63) is 52.1 Å². The number of hydrogen-bond acceptors (Lipinski definition) is 4. The second-order valence-corrected chi connectivity index (χ2v) is 8.25. The number of aryl methyl sites for hydroxylation is 1. The summed E-state index contributed by atoms with van der Waals surface area (Å²) >= 11 is 0. The van der Waals surface area contributed by atoms with Crippen LogP contribution in [0.3, 0.4) is 0 Å². The van der Waals surface area contributed by atoms with E-state index < -0.39 is 23.1 Å². The number of rotatable bonds is 8. The lowest BCUT2D eigenvalue weighted by Gasteiger charge is -2.24. The maximum absolute atomic E-state index is 13.5. The van der Waals surface area contributed by atoms with E-state index in [1.807, 2.05) is 20.8 Å². The Morgan fingerprint density at radius 2 is 1.81 bits per heavy atom. The molecule has 2 aromatic rings. The number of anilines is 1. The molecule has 8 heteroatoms. The number of ketones is 1. The van der Waals surface area contributed by atoms with Crippen LogP contribution in [0.2, 0.25) is 0 Å². The van der Waals surface area contributed by atoms with Gasteiger partial charge in [-0.3, -0.25) is 14.4 Å². The van der Waals surface area contributed by atoms with E-state index in [2.05, 4.69) is 10.6 Å². The fraction of sp³-hybridized carbons (Fsp3) is 0.435. The van der Waals surface area contributed by atoms with E-state index in [1.165, 1.54) is 22.8 Å². The molecule has 1 aromatic heterocycles. The molecule has 3 N–H and O–H groups in total. The molecule has 0 bridgehead atoms. The van der Waals surface area contributed by atoms with E-state index in [0.717, 1.165) is 0 Å². The Hall–Kier alpha value is -3.00. The Bertz CT molecular complexity index is 1020. The van der Waals surface area contributed by atoms with Crippen molar-refractivity contribution in [2.24, 2.45) is 0 Å². The van der Waals surface area contributed by atoms with Gasteiger partial charge in [0.25, 0.3) is 17.6 Å². The van der Waals surface area contributed by atoms with Crippen LogP contribution in [0.1, 0.15) is 64.9 Å². The van der Waals surface area contributed by atoms with Gasteiger partial charge in [0.2, 0.25) is 0 Å². The van der Waals surface area contributed by atoms with Crippen molar-refractivity contribution in [3.8, 4) is 0 Å². The molecule has 0 aliphatic heterocycles. The number of carbonyl (C=O) groups excluding carboxylic acids is 3. The molecule has 0 radical (unpaired) electrons. The molecule has 7 nitrogen and oxygen atoms in total. The molecule has 1 aromatic carbocycles. The summed E-state index contributed by atoms with van der Waals surface area (Å²) in [6.07, 6.45) is 0.631. The third-order valence-corrected chi connectivity index (χ3v) is 5.49. The number of aliphatic hydroxyl groups is 1. The summed E-state index contributed by atoms with van der Waals surface area (Å²) in [4.78, 5) is 38.6. The standard InChI is InChI=1S/C23H30FN3O4/c1-7-23(5,6)26-22(31)20(29)19-14(3)18(15(4)27(19)10-11-28)21(30)25-16-8-9-17(24)13(2)12-16/h8-9,12,28H,7,10-11H2,1-6H3,(H,25,30)(H,26,31). The minimum atomic E-state index is -0.771. The molecule has 31 heavy (non-hydrogen) atoms. The van der Waals surface area contributed by atoms with Crippen LogP contribution in [-0.2, 0) is 11.3 Å². The summed E-state index contributed by atoms with van der Waals surface area (Å²) in [6, 6.07) is 4.22.